The van der Waals surface area contributed by atoms with E-state index in [9.17, 15) is 0 Å². The van der Waals surface area contributed by atoms with Crippen molar-refractivity contribution in [3.05, 3.63) is 191 Å². The van der Waals surface area contributed by atoms with Gasteiger partial charge >= 0.3 is 0 Å². The van der Waals surface area contributed by atoms with Gasteiger partial charge in [-0.15, -0.1) is 0 Å². The van der Waals surface area contributed by atoms with Gasteiger partial charge in [0.1, 0.15) is 0 Å². The third-order valence-electron chi connectivity index (χ3n) is 13.6. The molecule has 60 heavy (non-hydrogen) atoms. The summed E-state index contributed by atoms with van der Waals surface area (Å²) in [5.41, 5.74) is 29.2. The monoisotopic (exact) mass is 764 g/mol. The Hall–Kier alpha value is -7.02. The van der Waals surface area contributed by atoms with Crippen molar-refractivity contribution in [3.8, 4) is 89.0 Å². The van der Waals surface area contributed by atoms with Crippen molar-refractivity contribution < 1.29 is 0 Å². The van der Waals surface area contributed by atoms with E-state index in [1.165, 1.54) is 155 Å². The molecule has 0 saturated carbocycles. The van der Waals surface area contributed by atoms with E-state index >= 15 is 0 Å². The van der Waals surface area contributed by atoms with Crippen LogP contribution >= 0.6 is 0 Å². The first-order chi connectivity index (χ1) is 29.3. The third-order valence-corrected chi connectivity index (χ3v) is 13.6. The summed E-state index contributed by atoms with van der Waals surface area (Å²) < 4.78 is 0. The maximum Gasteiger partial charge on any atom is -0.000720 e. The highest BCUT2D eigenvalue weighted by Gasteiger charge is 2.37. The van der Waals surface area contributed by atoms with E-state index < -0.39 is 0 Å². The molecular formula is C60H44. The van der Waals surface area contributed by atoms with Crippen LogP contribution in [0.25, 0.3) is 121 Å². The molecule has 0 bridgehead atoms. The van der Waals surface area contributed by atoms with E-state index in [0.29, 0.717) is 0 Å². The smallest absolute Gasteiger partial charge is 0.000720 e. The first-order valence-electron chi connectivity index (χ1n) is 21.4. The molecule has 0 atom stereocenters. The highest BCUT2D eigenvalue weighted by Crippen LogP contribution is 2.65. The van der Waals surface area contributed by atoms with Gasteiger partial charge in [0, 0.05) is 0 Å². The van der Waals surface area contributed by atoms with Crippen molar-refractivity contribution in [2.75, 3.05) is 0 Å². The molecule has 0 fully saturated rings. The average Bonchev–Trinajstić information content (AvgIpc) is 3.75. The molecule has 2 aliphatic carbocycles. The molecule has 0 radical (unpaired) electrons. The fraction of sp³-hybridized carbons (Fsp3) is 0.100. The molecule has 0 spiro atoms. The van der Waals surface area contributed by atoms with Crippen molar-refractivity contribution in [3.63, 3.8) is 0 Å². The molecule has 2 aliphatic rings. The maximum absolute atomic E-state index is 2.48. The predicted octanol–water partition coefficient (Wildman–Crippen LogP) is 17.0. The quantitative estimate of drug-likeness (QED) is 0.167. The van der Waals surface area contributed by atoms with Crippen LogP contribution in [0.4, 0.5) is 0 Å². The number of benzene rings is 10. The zero-order valence-corrected chi connectivity index (χ0v) is 35.0. The van der Waals surface area contributed by atoms with E-state index in [2.05, 4.69) is 199 Å². The Morgan fingerprint density at radius 2 is 0.500 bits per heavy atom. The molecule has 0 heteroatoms. The number of hydrogen-bond donors (Lipinski definition) is 0. The van der Waals surface area contributed by atoms with Gasteiger partial charge in [-0.25, -0.2) is 0 Å². The standard InChI is InChI=1S/C60H44/c1-33-29-35(3)49(36(4)30-33)55-43-23-15-16-24-44(43)56(50-37(5)31-34(2)32-38(50)6)60-48-28-26-46-53-45(25-27-47(54(48)53)59(55)60)57-51(39-17-9-7-10-18-39)41-21-13-14-22-42(41)52(58(46)57)40-19-11-8-12-20-40/h7-32H,1-6H3. The summed E-state index contributed by atoms with van der Waals surface area (Å²) in [7, 11) is 0. The number of rotatable bonds is 4. The summed E-state index contributed by atoms with van der Waals surface area (Å²) in [4.78, 5) is 0. The topological polar surface area (TPSA) is 0 Å². The van der Waals surface area contributed by atoms with Gasteiger partial charge < -0.3 is 0 Å². The largest absolute Gasteiger partial charge is 0.0622 e. The van der Waals surface area contributed by atoms with Gasteiger partial charge in [-0.05, 0) is 185 Å². The summed E-state index contributed by atoms with van der Waals surface area (Å²) in [5, 5.41) is 7.95. The van der Waals surface area contributed by atoms with Gasteiger partial charge in [0.2, 0.25) is 0 Å². The summed E-state index contributed by atoms with van der Waals surface area (Å²) in [6, 6.07) is 59.9. The van der Waals surface area contributed by atoms with E-state index in [-0.39, 0.29) is 0 Å². The number of hydrogen-bond acceptors (Lipinski definition) is 0. The van der Waals surface area contributed by atoms with E-state index in [1.807, 2.05) is 0 Å². The minimum absolute atomic E-state index is 1.25. The van der Waals surface area contributed by atoms with Crippen molar-refractivity contribution in [1.82, 2.24) is 0 Å². The van der Waals surface area contributed by atoms with E-state index in [0.717, 1.165) is 0 Å². The Balaban J connectivity index is 1.29. The highest BCUT2D eigenvalue weighted by molar-refractivity contribution is 6.35. The Morgan fingerprint density at radius 3 is 0.817 bits per heavy atom. The van der Waals surface area contributed by atoms with Gasteiger partial charge in [0.05, 0.1) is 0 Å². The fourth-order valence-electron chi connectivity index (χ4n) is 11.8. The van der Waals surface area contributed by atoms with Crippen LogP contribution in [-0.4, -0.2) is 0 Å². The van der Waals surface area contributed by atoms with Gasteiger partial charge in [-0.3, -0.25) is 0 Å². The van der Waals surface area contributed by atoms with Gasteiger partial charge in [-0.1, -0.05) is 169 Å². The molecule has 0 saturated heterocycles. The molecule has 0 unspecified atom stereocenters. The normalized spacial score (nSPS) is 12.2. The third kappa shape index (κ3) is 4.68. The van der Waals surface area contributed by atoms with Gasteiger partial charge in [0.25, 0.3) is 0 Å². The molecule has 284 valence electrons. The molecule has 10 aromatic carbocycles. The SMILES string of the molecule is Cc1cc(C)c(-c2c3c(c(-c4c(C)cc(C)cc4C)c4ccccc24)-c2ccc4c5c(ccc-3c25)-c2c-4c(-c3ccccc3)c3ccccc3c2-c2ccccc2)c(C)c1. The van der Waals surface area contributed by atoms with E-state index in [4.69, 9.17) is 0 Å². The molecule has 0 N–H and O–H groups in total. The summed E-state index contributed by atoms with van der Waals surface area (Å²) in [6.07, 6.45) is 0. The predicted molar refractivity (Wildman–Crippen MR) is 258 cm³/mol. The molecule has 0 amide bonds. The first-order valence-corrected chi connectivity index (χ1v) is 21.4. The lowest BCUT2D eigenvalue weighted by Crippen LogP contribution is -1.99. The lowest BCUT2D eigenvalue weighted by atomic mass is 9.78. The van der Waals surface area contributed by atoms with Gasteiger partial charge in [0.15, 0.2) is 0 Å². The van der Waals surface area contributed by atoms with Crippen LogP contribution in [-0.2, 0) is 0 Å². The van der Waals surface area contributed by atoms with Crippen LogP contribution in [0, 0.1) is 41.5 Å². The molecule has 0 aromatic heterocycles. The second kappa shape index (κ2) is 12.7. The Morgan fingerprint density at radius 1 is 0.233 bits per heavy atom. The zero-order valence-electron chi connectivity index (χ0n) is 35.0. The second-order valence-electron chi connectivity index (χ2n) is 17.4. The number of fused-ring (bicyclic) bond motifs is 8. The van der Waals surface area contributed by atoms with Crippen molar-refractivity contribution in [1.29, 1.82) is 0 Å². The summed E-state index contributed by atoms with van der Waals surface area (Å²) in [6.45, 7) is 13.7. The zero-order chi connectivity index (χ0) is 40.6. The van der Waals surface area contributed by atoms with Crippen LogP contribution in [0.15, 0.2) is 158 Å². The summed E-state index contributed by atoms with van der Waals surface area (Å²) in [5.74, 6) is 0. The van der Waals surface area contributed by atoms with Crippen molar-refractivity contribution in [2.45, 2.75) is 41.5 Å². The Labute approximate surface area is 352 Å². The lowest BCUT2D eigenvalue weighted by Gasteiger charge is -2.24. The number of aryl methyl sites for hydroxylation is 6. The van der Waals surface area contributed by atoms with Crippen LogP contribution in [0.5, 0.6) is 0 Å². The van der Waals surface area contributed by atoms with Crippen molar-refractivity contribution >= 4 is 32.3 Å². The minimum Gasteiger partial charge on any atom is -0.0622 e. The molecule has 0 aliphatic heterocycles. The summed E-state index contributed by atoms with van der Waals surface area (Å²) >= 11 is 0. The molecule has 10 aromatic rings. The van der Waals surface area contributed by atoms with Crippen LogP contribution < -0.4 is 0 Å². The highest BCUT2D eigenvalue weighted by atomic mass is 14.4. The first kappa shape index (κ1) is 35.0. The Kier molecular flexibility index (Phi) is 7.42. The maximum atomic E-state index is 2.48. The minimum atomic E-state index is 1.25. The fourth-order valence-corrected chi connectivity index (χ4v) is 11.8. The second-order valence-corrected chi connectivity index (χ2v) is 17.4. The van der Waals surface area contributed by atoms with Crippen LogP contribution in [0.2, 0.25) is 0 Å². The van der Waals surface area contributed by atoms with Gasteiger partial charge in [-0.2, -0.15) is 0 Å². The lowest BCUT2D eigenvalue weighted by molar-refractivity contribution is 1.32. The Bertz CT molecular complexity index is 3230. The van der Waals surface area contributed by atoms with Crippen molar-refractivity contribution in [2.24, 2.45) is 0 Å². The van der Waals surface area contributed by atoms with E-state index in [1.54, 1.807) is 0 Å². The average molecular weight is 765 g/mol. The molecular weight excluding hydrogens is 721 g/mol. The molecule has 0 nitrogen and oxygen atoms in total. The van der Waals surface area contributed by atoms with Crippen LogP contribution in [0.1, 0.15) is 33.4 Å². The molecule has 12 rings (SSSR count). The molecule has 0 heterocycles. The van der Waals surface area contributed by atoms with Crippen LogP contribution in [0.3, 0.4) is 0 Å².